The summed E-state index contributed by atoms with van der Waals surface area (Å²) >= 11 is 1.76. The molecule has 2 aliphatic rings. The summed E-state index contributed by atoms with van der Waals surface area (Å²) in [5.41, 5.74) is 1.13. The third-order valence-electron chi connectivity index (χ3n) is 4.57. The van der Waals surface area contributed by atoms with Crippen molar-refractivity contribution in [3.8, 4) is 0 Å². The largest absolute Gasteiger partial charge is 0.345 e. The van der Waals surface area contributed by atoms with Gasteiger partial charge in [0.2, 0.25) is 5.91 Å². The van der Waals surface area contributed by atoms with Crippen LogP contribution in [0.4, 0.5) is 5.13 Å². The lowest BCUT2D eigenvalue weighted by Crippen LogP contribution is -2.51. The van der Waals surface area contributed by atoms with Crippen LogP contribution in [0.1, 0.15) is 23.4 Å². The van der Waals surface area contributed by atoms with Crippen molar-refractivity contribution in [2.75, 3.05) is 44.2 Å². The minimum absolute atomic E-state index is 0. The number of piperidine rings is 1. The number of hydrogen-bond donors (Lipinski definition) is 1. The summed E-state index contributed by atoms with van der Waals surface area (Å²) in [6.45, 7) is 9.62. The molecule has 0 atom stereocenters. The lowest BCUT2D eigenvalue weighted by Gasteiger charge is -2.37. The van der Waals surface area contributed by atoms with E-state index in [1.165, 1.54) is 4.88 Å². The molecule has 0 saturated carbocycles. The molecule has 3 rings (SSSR count). The molecule has 0 bridgehead atoms. The summed E-state index contributed by atoms with van der Waals surface area (Å²) < 4.78 is 0. The van der Waals surface area contributed by atoms with E-state index in [0.717, 1.165) is 62.9 Å². The molecule has 0 radical (unpaired) electrons. The number of amides is 1. The highest BCUT2D eigenvalue weighted by Gasteiger charge is 2.29. The summed E-state index contributed by atoms with van der Waals surface area (Å²) in [5.74, 6) is 0.602. The van der Waals surface area contributed by atoms with Gasteiger partial charge >= 0.3 is 0 Å². The number of nitrogens with one attached hydrogen (secondary N) is 1. The summed E-state index contributed by atoms with van der Waals surface area (Å²) in [4.78, 5) is 22.8. The second kappa shape index (κ2) is 7.62. The second-order valence-electron chi connectivity index (χ2n) is 5.97. The van der Waals surface area contributed by atoms with Gasteiger partial charge in [-0.1, -0.05) is 0 Å². The van der Waals surface area contributed by atoms with Gasteiger partial charge in [-0.2, -0.15) is 0 Å². The van der Waals surface area contributed by atoms with Crippen LogP contribution in [0.5, 0.6) is 0 Å². The van der Waals surface area contributed by atoms with Gasteiger partial charge in [0.15, 0.2) is 5.13 Å². The van der Waals surface area contributed by atoms with E-state index in [0.29, 0.717) is 5.91 Å². The van der Waals surface area contributed by atoms with Crippen molar-refractivity contribution in [1.29, 1.82) is 0 Å². The SMILES string of the molecule is Cc1nc(N2CCN(C(=O)C3CCNCC3)CC2)sc1C.Cl. The average Bonchev–Trinajstić information content (AvgIpc) is 2.87. The zero-order valence-electron chi connectivity index (χ0n) is 13.3. The molecule has 22 heavy (non-hydrogen) atoms. The molecular weight excluding hydrogens is 320 g/mol. The van der Waals surface area contributed by atoms with E-state index >= 15 is 0 Å². The van der Waals surface area contributed by atoms with E-state index in [9.17, 15) is 4.79 Å². The Morgan fingerprint density at radius 2 is 1.82 bits per heavy atom. The predicted octanol–water partition coefficient (Wildman–Crippen LogP) is 1.83. The van der Waals surface area contributed by atoms with Gasteiger partial charge in [0, 0.05) is 37.0 Å². The minimum atomic E-state index is 0. The van der Waals surface area contributed by atoms with Crippen molar-refractivity contribution in [2.45, 2.75) is 26.7 Å². The van der Waals surface area contributed by atoms with Gasteiger partial charge in [-0.05, 0) is 39.8 Å². The molecule has 3 heterocycles. The number of halogens is 1. The van der Waals surface area contributed by atoms with E-state index in [4.69, 9.17) is 0 Å². The molecule has 2 fully saturated rings. The maximum Gasteiger partial charge on any atom is 0.225 e. The van der Waals surface area contributed by atoms with Gasteiger partial charge in [0.05, 0.1) is 5.69 Å². The van der Waals surface area contributed by atoms with Crippen LogP contribution in [0.15, 0.2) is 0 Å². The normalized spacial score (nSPS) is 19.9. The first-order chi connectivity index (χ1) is 10.1. The number of nitrogens with zero attached hydrogens (tertiary/aromatic N) is 3. The predicted molar refractivity (Wildman–Crippen MR) is 93.2 cm³/mol. The van der Waals surface area contributed by atoms with Gasteiger partial charge in [0.25, 0.3) is 0 Å². The number of hydrogen-bond acceptors (Lipinski definition) is 5. The smallest absolute Gasteiger partial charge is 0.225 e. The first kappa shape index (κ1) is 17.5. The topological polar surface area (TPSA) is 48.5 Å². The fourth-order valence-corrected chi connectivity index (χ4v) is 4.00. The van der Waals surface area contributed by atoms with E-state index < -0.39 is 0 Å². The Morgan fingerprint density at radius 1 is 1.18 bits per heavy atom. The lowest BCUT2D eigenvalue weighted by molar-refractivity contribution is -0.136. The van der Waals surface area contributed by atoms with Crippen LogP contribution in [0.3, 0.4) is 0 Å². The Hall–Kier alpha value is -0.850. The molecule has 5 nitrogen and oxygen atoms in total. The number of anilines is 1. The second-order valence-corrected chi connectivity index (χ2v) is 7.16. The Labute approximate surface area is 142 Å². The van der Waals surface area contributed by atoms with Crippen molar-refractivity contribution in [1.82, 2.24) is 15.2 Å². The monoisotopic (exact) mass is 344 g/mol. The number of thiazole rings is 1. The Morgan fingerprint density at radius 3 is 2.36 bits per heavy atom. The standard InChI is InChI=1S/C15H24N4OS.ClH/c1-11-12(2)21-15(17-11)19-9-7-18(8-10-19)14(20)13-3-5-16-6-4-13;/h13,16H,3-10H2,1-2H3;1H. The number of carbonyl (C=O) groups excluding carboxylic acids is 1. The molecule has 124 valence electrons. The third-order valence-corrected chi connectivity index (χ3v) is 5.70. The lowest BCUT2D eigenvalue weighted by atomic mass is 9.96. The Bertz CT molecular complexity index is 488. The summed E-state index contributed by atoms with van der Waals surface area (Å²) in [6.07, 6.45) is 1.98. The number of aromatic nitrogens is 1. The summed E-state index contributed by atoms with van der Waals surface area (Å²) in [6, 6.07) is 0. The van der Waals surface area contributed by atoms with E-state index in [-0.39, 0.29) is 18.3 Å². The molecule has 7 heteroatoms. The summed E-state index contributed by atoms with van der Waals surface area (Å²) in [7, 11) is 0. The van der Waals surface area contributed by atoms with Crippen molar-refractivity contribution >= 4 is 34.8 Å². The molecular formula is C15H25ClN4OS. The molecule has 0 aliphatic carbocycles. The molecule has 2 aliphatic heterocycles. The van der Waals surface area contributed by atoms with Crippen LogP contribution in [0.2, 0.25) is 0 Å². The minimum Gasteiger partial charge on any atom is -0.345 e. The molecule has 1 amide bonds. The van der Waals surface area contributed by atoms with Gasteiger partial charge < -0.3 is 15.1 Å². The van der Waals surface area contributed by atoms with Crippen LogP contribution in [-0.2, 0) is 4.79 Å². The molecule has 1 N–H and O–H groups in total. The third kappa shape index (κ3) is 3.73. The molecule has 0 unspecified atom stereocenters. The van der Waals surface area contributed by atoms with Crippen LogP contribution >= 0.6 is 23.7 Å². The van der Waals surface area contributed by atoms with Gasteiger partial charge in [0.1, 0.15) is 0 Å². The number of carbonyl (C=O) groups is 1. The van der Waals surface area contributed by atoms with Gasteiger partial charge in [-0.3, -0.25) is 4.79 Å². The maximum absolute atomic E-state index is 12.5. The Kier molecular flexibility index (Phi) is 6.06. The first-order valence-corrected chi connectivity index (χ1v) is 8.65. The first-order valence-electron chi connectivity index (χ1n) is 7.83. The van der Waals surface area contributed by atoms with E-state index in [2.05, 4.69) is 33.9 Å². The highest BCUT2D eigenvalue weighted by molar-refractivity contribution is 7.15. The molecule has 1 aromatic heterocycles. The van der Waals surface area contributed by atoms with Crippen molar-refractivity contribution in [2.24, 2.45) is 5.92 Å². The highest BCUT2D eigenvalue weighted by Crippen LogP contribution is 2.26. The highest BCUT2D eigenvalue weighted by atomic mass is 35.5. The molecule has 0 spiro atoms. The van der Waals surface area contributed by atoms with Crippen molar-refractivity contribution < 1.29 is 4.79 Å². The van der Waals surface area contributed by atoms with Crippen molar-refractivity contribution in [3.63, 3.8) is 0 Å². The number of piperazine rings is 1. The van der Waals surface area contributed by atoms with Crippen LogP contribution in [0.25, 0.3) is 0 Å². The molecule has 2 saturated heterocycles. The van der Waals surface area contributed by atoms with Gasteiger partial charge in [-0.25, -0.2) is 4.98 Å². The summed E-state index contributed by atoms with van der Waals surface area (Å²) in [5, 5.41) is 4.43. The van der Waals surface area contributed by atoms with E-state index in [1.807, 2.05) is 0 Å². The number of rotatable bonds is 2. The van der Waals surface area contributed by atoms with Crippen LogP contribution in [0, 0.1) is 19.8 Å². The fraction of sp³-hybridized carbons (Fsp3) is 0.733. The average molecular weight is 345 g/mol. The fourth-order valence-electron chi connectivity index (χ4n) is 3.04. The number of aryl methyl sites for hydroxylation is 2. The van der Waals surface area contributed by atoms with Gasteiger partial charge in [-0.15, -0.1) is 23.7 Å². The molecule has 0 aromatic carbocycles. The zero-order valence-corrected chi connectivity index (χ0v) is 14.9. The van der Waals surface area contributed by atoms with Crippen LogP contribution < -0.4 is 10.2 Å². The van der Waals surface area contributed by atoms with E-state index in [1.54, 1.807) is 11.3 Å². The van der Waals surface area contributed by atoms with Crippen LogP contribution in [-0.4, -0.2) is 55.1 Å². The zero-order chi connectivity index (χ0) is 14.8. The molecule has 1 aromatic rings. The maximum atomic E-state index is 12.5. The quantitative estimate of drug-likeness (QED) is 0.889. The Balaban J connectivity index is 0.00000176. The van der Waals surface area contributed by atoms with Crippen molar-refractivity contribution in [3.05, 3.63) is 10.6 Å².